The number of nitrogens with one attached hydrogen (secondary N) is 1. The van der Waals surface area contributed by atoms with Crippen LogP contribution in [0.25, 0.3) is 33.4 Å². The molecule has 6 heterocycles. The van der Waals surface area contributed by atoms with Crippen molar-refractivity contribution >= 4 is 39.8 Å². The number of nitrogens with two attached hydrogens (primary N) is 1. The highest BCUT2D eigenvalue weighted by atomic mass is 32.1. The second-order valence-electron chi connectivity index (χ2n) is 16.9. The molecule has 4 aromatic rings. The van der Waals surface area contributed by atoms with Gasteiger partial charge < -0.3 is 34.3 Å². The van der Waals surface area contributed by atoms with E-state index in [4.69, 9.17) is 29.9 Å². The maximum atomic E-state index is 13.7. The molecule has 57 heavy (non-hydrogen) atoms. The molecular formula is C43H58N8O5S. The topological polar surface area (TPSA) is 140 Å². The van der Waals surface area contributed by atoms with Crippen molar-refractivity contribution in [2.75, 3.05) is 65.0 Å². The summed E-state index contributed by atoms with van der Waals surface area (Å²) in [5, 5.41) is 5.51. The number of aromatic nitrogens is 3. The van der Waals surface area contributed by atoms with Gasteiger partial charge in [-0.3, -0.25) is 19.6 Å². The Morgan fingerprint density at radius 1 is 1.11 bits per heavy atom. The molecule has 3 fully saturated rings. The number of carbonyl (C=O) groups is 2. The summed E-state index contributed by atoms with van der Waals surface area (Å²) in [6.45, 7) is 13.9. The number of hydrogen-bond acceptors (Lipinski definition) is 12. The van der Waals surface area contributed by atoms with Crippen LogP contribution in [-0.2, 0) is 36.8 Å². The molecule has 4 aliphatic rings. The number of piperazine rings is 1. The number of thiazole rings is 1. The van der Waals surface area contributed by atoms with E-state index >= 15 is 0 Å². The second-order valence-corrected chi connectivity index (χ2v) is 17.8. The zero-order valence-corrected chi connectivity index (χ0v) is 35.1. The van der Waals surface area contributed by atoms with Gasteiger partial charge in [-0.05, 0) is 83.7 Å². The van der Waals surface area contributed by atoms with Crippen LogP contribution in [0.3, 0.4) is 0 Å². The predicted molar refractivity (Wildman–Crippen MR) is 223 cm³/mol. The summed E-state index contributed by atoms with van der Waals surface area (Å²) in [7, 11) is 3.91. The van der Waals surface area contributed by atoms with Gasteiger partial charge in [0.25, 0.3) is 5.91 Å². The fourth-order valence-corrected chi connectivity index (χ4v) is 9.48. The Balaban J connectivity index is 1.32. The number of carbonyl (C=O) groups excluding carboxylic acids is 2. The van der Waals surface area contributed by atoms with Crippen LogP contribution >= 0.6 is 11.3 Å². The largest absolute Gasteiger partial charge is 0.464 e. The molecule has 1 saturated carbocycles. The van der Waals surface area contributed by atoms with Crippen molar-refractivity contribution in [1.29, 1.82) is 0 Å². The number of fused-ring (bicyclic) bond motifs is 6. The van der Waals surface area contributed by atoms with E-state index in [-0.39, 0.29) is 35.4 Å². The Hall–Kier alpha value is -3.92. The summed E-state index contributed by atoms with van der Waals surface area (Å²) in [6, 6.07) is 7.50. The second kappa shape index (κ2) is 16.4. The molecule has 3 aromatic heterocycles. The first-order valence-electron chi connectivity index (χ1n) is 20.6. The number of amides is 1. The van der Waals surface area contributed by atoms with Crippen LogP contribution in [0.2, 0.25) is 0 Å². The number of ether oxygens (including phenoxy) is 3. The number of hydrogen-bond donors (Lipinski definition) is 2. The van der Waals surface area contributed by atoms with Crippen LogP contribution in [0, 0.1) is 5.41 Å². The zero-order valence-electron chi connectivity index (χ0n) is 34.3. The number of esters is 1. The van der Waals surface area contributed by atoms with E-state index in [1.807, 2.05) is 13.1 Å². The fourth-order valence-electron chi connectivity index (χ4n) is 8.55. The van der Waals surface area contributed by atoms with Gasteiger partial charge in [0.2, 0.25) is 0 Å². The molecule has 8 rings (SSSR count). The Bertz CT molecular complexity index is 2100. The normalized spacial score (nSPS) is 23.6. The molecule has 2 saturated heterocycles. The molecule has 0 unspecified atom stereocenters. The lowest BCUT2D eigenvalue weighted by molar-refractivity contribution is -0.154. The van der Waals surface area contributed by atoms with E-state index in [9.17, 15) is 9.59 Å². The van der Waals surface area contributed by atoms with E-state index in [0.717, 1.165) is 88.8 Å². The number of hydrazine groups is 1. The number of anilines is 1. The maximum Gasteiger partial charge on any atom is 0.324 e. The molecule has 3 N–H and O–H groups in total. The Kier molecular flexibility index (Phi) is 11.5. The van der Waals surface area contributed by atoms with Gasteiger partial charge in [-0.2, -0.15) is 0 Å². The Morgan fingerprint density at radius 2 is 1.89 bits per heavy atom. The number of rotatable bonds is 8. The number of cyclic esters (lactones) is 1. The fraction of sp³-hybridized carbons (Fsp3) is 0.581. The minimum Gasteiger partial charge on any atom is -0.464 e. The van der Waals surface area contributed by atoms with Gasteiger partial charge in [-0.15, -0.1) is 11.3 Å². The molecule has 1 aromatic carbocycles. The van der Waals surface area contributed by atoms with Crippen LogP contribution < -0.4 is 16.1 Å². The summed E-state index contributed by atoms with van der Waals surface area (Å²) in [4.78, 5) is 42.4. The molecule has 6 bridgehead atoms. The molecule has 4 atom stereocenters. The smallest absolute Gasteiger partial charge is 0.324 e. The molecule has 1 amide bonds. The van der Waals surface area contributed by atoms with Crippen LogP contribution in [0.5, 0.6) is 0 Å². The zero-order chi connectivity index (χ0) is 40.0. The van der Waals surface area contributed by atoms with Crippen LogP contribution in [0.15, 0.2) is 35.8 Å². The van der Waals surface area contributed by atoms with Gasteiger partial charge in [0.15, 0.2) is 0 Å². The lowest BCUT2D eigenvalue weighted by Crippen LogP contribution is -2.59. The summed E-state index contributed by atoms with van der Waals surface area (Å²) in [5.74, 6) is -0.901. The van der Waals surface area contributed by atoms with Crippen molar-refractivity contribution in [3.63, 3.8) is 0 Å². The van der Waals surface area contributed by atoms with Crippen molar-refractivity contribution in [3.8, 4) is 22.5 Å². The summed E-state index contributed by atoms with van der Waals surface area (Å²) < 4.78 is 20.8. The first kappa shape index (κ1) is 39.9. The third-order valence-electron chi connectivity index (χ3n) is 12.5. The third kappa shape index (κ3) is 8.09. The SMILES string of the molecule is CO[C@@H](C)c1ncc(N2CCN(C)CC2)cc1-c1c2c3cc(ccc3n1CCOC(C)C)-c1csc(n1)[C@@H](C)[C@H](N)C(=O)N1CCC[C@H](N1)C(=O)OCC1(CC1)C2. The van der Waals surface area contributed by atoms with Gasteiger partial charge in [-0.25, -0.2) is 10.4 Å². The Morgan fingerprint density at radius 3 is 2.63 bits per heavy atom. The number of likely N-dealkylation sites (N-methyl/N-ethyl adjacent to an activating group) is 1. The van der Waals surface area contributed by atoms with E-state index in [2.05, 4.69) is 77.3 Å². The van der Waals surface area contributed by atoms with E-state index in [1.54, 1.807) is 7.11 Å². The summed E-state index contributed by atoms with van der Waals surface area (Å²) in [5.41, 5.74) is 17.8. The van der Waals surface area contributed by atoms with E-state index < -0.39 is 12.1 Å². The highest BCUT2D eigenvalue weighted by Gasteiger charge is 2.46. The number of pyridine rings is 1. The first-order chi connectivity index (χ1) is 27.4. The third-order valence-corrected chi connectivity index (χ3v) is 13.5. The van der Waals surface area contributed by atoms with Crippen molar-refractivity contribution in [2.24, 2.45) is 11.1 Å². The predicted octanol–water partition coefficient (Wildman–Crippen LogP) is 5.52. The lowest BCUT2D eigenvalue weighted by atomic mass is 9.91. The lowest BCUT2D eigenvalue weighted by Gasteiger charge is -2.35. The minimum atomic E-state index is -0.822. The molecule has 3 aliphatic heterocycles. The molecule has 14 heteroatoms. The highest BCUT2D eigenvalue weighted by molar-refractivity contribution is 7.10. The molecule has 0 radical (unpaired) electrons. The molecule has 306 valence electrons. The molecule has 13 nitrogen and oxygen atoms in total. The molecule has 1 spiro atoms. The number of benzene rings is 1. The first-order valence-corrected chi connectivity index (χ1v) is 21.5. The summed E-state index contributed by atoms with van der Waals surface area (Å²) in [6.07, 6.45) is 5.69. The number of nitrogens with zero attached hydrogens (tertiary/aromatic N) is 6. The standard InChI is InChI=1S/C43H58N8O5S/c1-26(2)55-19-18-50-36-10-9-29-20-31(36)33(39(50)32-21-30(23-45-38(32)28(4)54-6)49-16-14-48(5)15-17-49)22-43(11-12-43)25-56-42(53)34-8-7-13-51(47-34)41(52)37(44)27(3)40-46-35(29)24-57-40/h9-10,20-21,23-24,26-28,34,37,47H,7-8,11-19,22,25,44H2,1-6H3/t27-,28-,34-,37-/m0/s1. The van der Waals surface area contributed by atoms with Crippen molar-refractivity contribution in [1.82, 2.24) is 29.9 Å². The quantitative estimate of drug-likeness (QED) is 0.218. The van der Waals surface area contributed by atoms with Crippen molar-refractivity contribution < 1.29 is 23.8 Å². The van der Waals surface area contributed by atoms with Gasteiger partial charge in [0.1, 0.15) is 6.04 Å². The van der Waals surface area contributed by atoms with Crippen LogP contribution in [0.1, 0.15) is 81.7 Å². The Labute approximate surface area is 339 Å². The maximum absolute atomic E-state index is 13.7. The van der Waals surface area contributed by atoms with Gasteiger partial charge >= 0.3 is 5.97 Å². The monoisotopic (exact) mass is 798 g/mol. The van der Waals surface area contributed by atoms with Crippen LogP contribution in [-0.4, -0.2) is 115 Å². The van der Waals surface area contributed by atoms with Gasteiger partial charge in [0, 0.05) is 85.1 Å². The average molecular weight is 799 g/mol. The highest BCUT2D eigenvalue weighted by Crippen LogP contribution is 2.52. The molecular weight excluding hydrogens is 741 g/mol. The van der Waals surface area contributed by atoms with E-state index in [1.165, 1.54) is 21.9 Å². The van der Waals surface area contributed by atoms with Crippen molar-refractivity contribution in [2.45, 2.75) is 96.6 Å². The van der Waals surface area contributed by atoms with Gasteiger partial charge in [0.05, 0.1) is 65.4 Å². The van der Waals surface area contributed by atoms with Gasteiger partial charge in [-0.1, -0.05) is 13.0 Å². The summed E-state index contributed by atoms with van der Waals surface area (Å²) >= 11 is 1.52. The minimum absolute atomic E-state index is 0.0866. The number of methoxy groups -OCH3 is 1. The van der Waals surface area contributed by atoms with Crippen molar-refractivity contribution in [3.05, 3.63) is 52.1 Å². The van der Waals surface area contributed by atoms with Crippen LogP contribution in [0.4, 0.5) is 5.69 Å². The average Bonchev–Trinajstić information content (AvgIpc) is 3.69. The molecule has 1 aliphatic carbocycles. The van der Waals surface area contributed by atoms with E-state index in [0.29, 0.717) is 45.6 Å².